The molecule has 6 nitrogen and oxygen atoms in total. The third-order valence-corrected chi connectivity index (χ3v) is 3.50. The largest absolute Gasteiger partial charge is 0.548 e. The van der Waals surface area contributed by atoms with E-state index in [4.69, 9.17) is 9.26 Å². The van der Waals surface area contributed by atoms with Crippen molar-refractivity contribution in [3.05, 3.63) is 42.5 Å². The fourth-order valence-electron chi connectivity index (χ4n) is 1.28. The summed E-state index contributed by atoms with van der Waals surface area (Å²) < 4.78 is 26.0. The fourth-order valence-corrected chi connectivity index (χ4v) is 2.10. The van der Waals surface area contributed by atoms with Crippen LogP contribution in [0.1, 0.15) is 6.42 Å². The van der Waals surface area contributed by atoms with Gasteiger partial charge in [-0.2, -0.15) is 0 Å². The molecule has 1 aromatic rings. The van der Waals surface area contributed by atoms with Gasteiger partial charge in [-0.1, -0.05) is 24.8 Å². The molecule has 0 N–H and O–H groups in total. The predicted octanol–water partition coefficient (Wildman–Crippen LogP) is 1.73. The molecule has 112 valence electrons. The maximum Gasteiger partial charge on any atom is 0.548 e. The van der Waals surface area contributed by atoms with E-state index in [-0.39, 0.29) is 25.2 Å². The van der Waals surface area contributed by atoms with Gasteiger partial charge in [0.05, 0.1) is 19.1 Å². The van der Waals surface area contributed by atoms with Crippen LogP contribution in [0.5, 0.6) is 0 Å². The Kier molecular flexibility index (Phi) is 7.29. The number of esters is 2. The van der Waals surface area contributed by atoms with Crippen molar-refractivity contribution in [2.75, 3.05) is 20.3 Å². The summed E-state index contributed by atoms with van der Waals surface area (Å²) in [6.07, 6.45) is -0.0671. The van der Waals surface area contributed by atoms with Gasteiger partial charge in [-0.25, -0.2) is 4.79 Å². The molecule has 0 spiro atoms. The molecule has 0 saturated carbocycles. The van der Waals surface area contributed by atoms with E-state index in [1.54, 1.807) is 30.3 Å². The zero-order valence-corrected chi connectivity index (χ0v) is 12.5. The summed E-state index contributed by atoms with van der Waals surface area (Å²) in [5.41, 5.74) is 0.0436. The van der Waals surface area contributed by atoms with Gasteiger partial charge >= 0.3 is 20.0 Å². The molecule has 7 heteroatoms. The molecule has 1 rings (SSSR count). The van der Waals surface area contributed by atoms with E-state index in [1.807, 2.05) is 0 Å². The van der Waals surface area contributed by atoms with E-state index in [0.717, 1.165) is 0 Å². The summed E-state index contributed by atoms with van der Waals surface area (Å²) in [6, 6.07) is 8.66. The normalized spacial score (nSPS) is 10.6. The Morgan fingerprint density at radius 2 is 1.90 bits per heavy atom. The average Bonchev–Trinajstić information content (AvgIpc) is 2.52. The Morgan fingerprint density at radius 1 is 1.24 bits per heavy atom. The van der Waals surface area contributed by atoms with Crippen molar-refractivity contribution in [1.82, 2.24) is 0 Å². The van der Waals surface area contributed by atoms with E-state index >= 15 is 0 Å². The van der Waals surface area contributed by atoms with Crippen LogP contribution in [0, 0.1) is 0 Å². The second-order valence-electron chi connectivity index (χ2n) is 3.93. The first-order valence-electron chi connectivity index (χ1n) is 6.11. The standard InChI is InChI=1S/C14H16O6P/c1-11(14(16)18-2)10-19-13(15)8-9-20-21(17)12-6-4-3-5-7-12/h3-7H,1,8-10H2,2H3/q+1. The van der Waals surface area contributed by atoms with Crippen molar-refractivity contribution in [3.63, 3.8) is 0 Å². The van der Waals surface area contributed by atoms with Crippen molar-refractivity contribution in [2.24, 2.45) is 0 Å². The van der Waals surface area contributed by atoms with Gasteiger partial charge in [0, 0.05) is 0 Å². The van der Waals surface area contributed by atoms with Crippen molar-refractivity contribution >= 4 is 25.3 Å². The highest BCUT2D eigenvalue weighted by atomic mass is 31.1. The molecule has 0 radical (unpaired) electrons. The first kappa shape index (κ1) is 17.0. The summed E-state index contributed by atoms with van der Waals surface area (Å²) >= 11 is 0. The molecule has 0 saturated heterocycles. The molecule has 1 atom stereocenters. The minimum absolute atomic E-state index is 0.0341. The molecule has 0 bridgehead atoms. The van der Waals surface area contributed by atoms with Crippen LogP contribution >= 0.6 is 8.03 Å². The van der Waals surface area contributed by atoms with Crippen LogP contribution in [0.25, 0.3) is 0 Å². The Bertz CT molecular complexity index is 526. The van der Waals surface area contributed by atoms with Crippen molar-refractivity contribution in [3.8, 4) is 0 Å². The number of ether oxygens (including phenoxy) is 2. The lowest BCUT2D eigenvalue weighted by Gasteiger charge is -2.04. The number of carbonyl (C=O) groups excluding carboxylic acids is 2. The lowest BCUT2D eigenvalue weighted by atomic mass is 10.3. The highest BCUT2D eigenvalue weighted by Gasteiger charge is 2.22. The Morgan fingerprint density at radius 3 is 2.52 bits per heavy atom. The molecule has 0 heterocycles. The van der Waals surface area contributed by atoms with E-state index in [1.165, 1.54) is 7.11 Å². The van der Waals surface area contributed by atoms with E-state index in [0.29, 0.717) is 5.30 Å². The maximum atomic E-state index is 11.7. The summed E-state index contributed by atoms with van der Waals surface area (Å²) in [5, 5.41) is 0.555. The lowest BCUT2D eigenvalue weighted by Crippen LogP contribution is -2.14. The highest BCUT2D eigenvalue weighted by molar-refractivity contribution is 7.48. The second kappa shape index (κ2) is 9.00. The van der Waals surface area contributed by atoms with Crippen LogP contribution in [0.3, 0.4) is 0 Å². The SMILES string of the molecule is C=C(COC(=O)CCO[P+](=O)c1ccccc1)C(=O)OC. The third kappa shape index (κ3) is 6.29. The van der Waals surface area contributed by atoms with E-state index in [9.17, 15) is 14.2 Å². The lowest BCUT2D eigenvalue weighted by molar-refractivity contribution is -0.144. The molecule has 21 heavy (non-hydrogen) atoms. The predicted molar refractivity (Wildman–Crippen MR) is 76.4 cm³/mol. The summed E-state index contributed by atoms with van der Waals surface area (Å²) in [4.78, 5) is 22.4. The number of carbonyl (C=O) groups is 2. The van der Waals surface area contributed by atoms with E-state index < -0.39 is 20.0 Å². The first-order valence-corrected chi connectivity index (χ1v) is 7.29. The number of hydrogen-bond acceptors (Lipinski definition) is 6. The van der Waals surface area contributed by atoms with Crippen molar-refractivity contribution in [1.29, 1.82) is 0 Å². The molecular weight excluding hydrogens is 295 g/mol. The number of rotatable bonds is 8. The van der Waals surface area contributed by atoms with Gasteiger partial charge in [-0.15, -0.1) is 4.52 Å². The molecule has 0 aliphatic carbocycles. The maximum absolute atomic E-state index is 11.7. The average molecular weight is 311 g/mol. The number of methoxy groups -OCH3 is 1. The molecular formula is C14H16O6P+. The quantitative estimate of drug-likeness (QED) is 0.413. The smallest absolute Gasteiger partial charge is 0.466 e. The summed E-state index contributed by atoms with van der Waals surface area (Å²) in [6.45, 7) is 3.14. The topological polar surface area (TPSA) is 78.9 Å². The number of benzene rings is 1. The molecule has 0 fully saturated rings. The van der Waals surface area contributed by atoms with Gasteiger partial charge in [0.1, 0.15) is 13.2 Å². The van der Waals surface area contributed by atoms with Gasteiger partial charge in [0.2, 0.25) is 5.30 Å². The zero-order valence-electron chi connectivity index (χ0n) is 11.6. The molecule has 0 aliphatic rings. The molecule has 0 aliphatic heterocycles. The molecule has 1 aromatic carbocycles. The second-order valence-corrected chi connectivity index (χ2v) is 5.22. The minimum atomic E-state index is -1.99. The number of hydrogen-bond donors (Lipinski definition) is 0. The highest BCUT2D eigenvalue weighted by Crippen LogP contribution is 2.21. The van der Waals surface area contributed by atoms with Crippen molar-refractivity contribution in [2.45, 2.75) is 6.42 Å². The van der Waals surface area contributed by atoms with Crippen LogP contribution in [0.2, 0.25) is 0 Å². The fraction of sp³-hybridized carbons (Fsp3) is 0.286. The van der Waals surface area contributed by atoms with Crippen molar-refractivity contribution < 1.29 is 28.2 Å². The van der Waals surface area contributed by atoms with Gasteiger partial charge in [-0.3, -0.25) is 4.79 Å². The van der Waals surface area contributed by atoms with Crippen LogP contribution in [0.4, 0.5) is 0 Å². The summed E-state index contributed by atoms with van der Waals surface area (Å²) in [7, 11) is -0.779. The van der Waals surface area contributed by atoms with Crippen LogP contribution in [0.15, 0.2) is 42.5 Å². The Hall–Kier alpha value is -2.04. The van der Waals surface area contributed by atoms with Crippen LogP contribution in [-0.4, -0.2) is 32.3 Å². The first-order chi connectivity index (χ1) is 10.0. The Balaban J connectivity index is 2.23. The zero-order chi connectivity index (χ0) is 15.7. The van der Waals surface area contributed by atoms with Gasteiger partial charge in [0.25, 0.3) is 0 Å². The summed E-state index contributed by atoms with van der Waals surface area (Å²) in [5.74, 6) is -1.21. The van der Waals surface area contributed by atoms with Gasteiger partial charge in [-0.05, 0) is 16.7 Å². The minimum Gasteiger partial charge on any atom is -0.466 e. The van der Waals surface area contributed by atoms with Crippen LogP contribution in [-0.2, 0) is 28.2 Å². The molecule has 0 amide bonds. The van der Waals surface area contributed by atoms with E-state index in [2.05, 4.69) is 11.3 Å². The van der Waals surface area contributed by atoms with Gasteiger partial charge < -0.3 is 9.47 Å². The molecule has 1 unspecified atom stereocenters. The van der Waals surface area contributed by atoms with Gasteiger partial charge in [0.15, 0.2) is 0 Å². The Labute approximate surface area is 123 Å². The monoisotopic (exact) mass is 311 g/mol. The van der Waals surface area contributed by atoms with Crippen LogP contribution < -0.4 is 5.30 Å². The third-order valence-electron chi connectivity index (χ3n) is 2.36. The molecule has 0 aromatic heterocycles.